The van der Waals surface area contributed by atoms with E-state index < -0.39 is 5.91 Å². The highest BCUT2D eigenvalue weighted by Gasteiger charge is 2.34. The number of rotatable bonds is 3. The second-order valence-corrected chi connectivity index (χ2v) is 6.24. The van der Waals surface area contributed by atoms with Gasteiger partial charge in [0.25, 0.3) is 5.91 Å². The zero-order chi connectivity index (χ0) is 19.0. The van der Waals surface area contributed by atoms with E-state index in [9.17, 15) is 4.79 Å². The summed E-state index contributed by atoms with van der Waals surface area (Å²) in [4.78, 5) is 31.7. The lowest BCUT2D eigenvalue weighted by molar-refractivity contribution is -0.126. The van der Waals surface area contributed by atoms with Gasteiger partial charge in [0.2, 0.25) is 0 Å². The van der Waals surface area contributed by atoms with Gasteiger partial charge in [0, 0.05) is 35.4 Å². The molecule has 8 nitrogen and oxygen atoms in total. The summed E-state index contributed by atoms with van der Waals surface area (Å²) in [5.74, 6) is 0.455. The summed E-state index contributed by atoms with van der Waals surface area (Å²) < 4.78 is 0. The van der Waals surface area contributed by atoms with Crippen molar-refractivity contribution < 1.29 is 4.79 Å². The molecule has 1 unspecified atom stereocenters. The predicted molar refractivity (Wildman–Crippen MR) is 99.7 cm³/mol. The standard InChI is InChI=1S/C19H17N7O/c1-11-13-9-24-18(17-22-7-4-8-23-17)25-15(13)10-26(11)19(27)16(21)12-5-2-3-6-14(12)20/h2-9,11,21H,10,20H2,1H3. The van der Waals surface area contributed by atoms with Crippen molar-refractivity contribution in [3.05, 3.63) is 65.7 Å². The van der Waals surface area contributed by atoms with E-state index in [0.29, 0.717) is 29.4 Å². The Labute approximate surface area is 155 Å². The van der Waals surface area contributed by atoms with Gasteiger partial charge in [-0.1, -0.05) is 18.2 Å². The zero-order valence-corrected chi connectivity index (χ0v) is 14.6. The molecule has 3 aromatic rings. The lowest BCUT2D eigenvalue weighted by Crippen LogP contribution is -2.34. The van der Waals surface area contributed by atoms with Crippen LogP contribution in [0, 0.1) is 5.41 Å². The van der Waals surface area contributed by atoms with Gasteiger partial charge >= 0.3 is 0 Å². The molecule has 3 N–H and O–H groups in total. The van der Waals surface area contributed by atoms with Crippen LogP contribution in [0.25, 0.3) is 11.6 Å². The number of anilines is 1. The monoisotopic (exact) mass is 359 g/mol. The maximum absolute atomic E-state index is 12.9. The van der Waals surface area contributed by atoms with Crippen LogP contribution in [0.3, 0.4) is 0 Å². The highest BCUT2D eigenvalue weighted by atomic mass is 16.2. The number of aromatic nitrogens is 4. The Balaban J connectivity index is 1.62. The third kappa shape index (κ3) is 2.91. The Morgan fingerprint density at radius 3 is 2.63 bits per heavy atom. The largest absolute Gasteiger partial charge is 0.398 e. The average molecular weight is 359 g/mol. The average Bonchev–Trinajstić information content (AvgIpc) is 3.04. The van der Waals surface area contributed by atoms with Crippen LogP contribution in [-0.4, -0.2) is 36.5 Å². The minimum Gasteiger partial charge on any atom is -0.398 e. The first-order valence-electron chi connectivity index (χ1n) is 8.44. The van der Waals surface area contributed by atoms with Gasteiger partial charge in [-0.3, -0.25) is 10.2 Å². The molecule has 1 aliphatic heterocycles. The molecule has 0 spiro atoms. The topological polar surface area (TPSA) is 122 Å². The summed E-state index contributed by atoms with van der Waals surface area (Å²) in [5.41, 5.74) is 8.21. The molecule has 0 saturated carbocycles. The van der Waals surface area contributed by atoms with E-state index in [-0.39, 0.29) is 11.8 Å². The molecular weight excluding hydrogens is 342 g/mol. The molecule has 27 heavy (non-hydrogen) atoms. The minimum absolute atomic E-state index is 0.132. The predicted octanol–water partition coefficient (Wildman–Crippen LogP) is 1.99. The number of nitrogens with two attached hydrogens (primary N) is 1. The van der Waals surface area contributed by atoms with E-state index in [1.165, 1.54) is 0 Å². The Morgan fingerprint density at radius 2 is 1.89 bits per heavy atom. The first-order valence-corrected chi connectivity index (χ1v) is 8.44. The van der Waals surface area contributed by atoms with E-state index in [4.69, 9.17) is 11.1 Å². The molecule has 3 heterocycles. The van der Waals surface area contributed by atoms with E-state index in [2.05, 4.69) is 19.9 Å². The van der Waals surface area contributed by atoms with Crippen molar-refractivity contribution in [2.24, 2.45) is 0 Å². The second-order valence-electron chi connectivity index (χ2n) is 6.24. The van der Waals surface area contributed by atoms with Crippen molar-refractivity contribution in [1.29, 1.82) is 5.41 Å². The number of nitrogen functional groups attached to an aromatic ring is 1. The maximum atomic E-state index is 12.9. The molecule has 0 saturated heterocycles. The molecule has 1 atom stereocenters. The van der Waals surface area contributed by atoms with Crippen molar-refractivity contribution in [3.8, 4) is 11.6 Å². The number of benzene rings is 1. The molecule has 4 rings (SSSR count). The van der Waals surface area contributed by atoms with E-state index in [1.54, 1.807) is 53.8 Å². The van der Waals surface area contributed by atoms with Crippen molar-refractivity contribution >= 4 is 17.3 Å². The number of hydrogen-bond acceptors (Lipinski definition) is 7. The second kappa shape index (κ2) is 6.56. The summed E-state index contributed by atoms with van der Waals surface area (Å²) in [5, 5.41) is 8.29. The molecule has 1 aliphatic rings. The summed E-state index contributed by atoms with van der Waals surface area (Å²) in [7, 11) is 0. The molecule has 1 aromatic carbocycles. The third-order valence-corrected chi connectivity index (χ3v) is 4.61. The smallest absolute Gasteiger partial charge is 0.273 e. The van der Waals surface area contributed by atoms with Crippen LogP contribution in [0.1, 0.15) is 29.8 Å². The van der Waals surface area contributed by atoms with Gasteiger partial charge in [-0.15, -0.1) is 0 Å². The van der Waals surface area contributed by atoms with E-state index in [1.807, 2.05) is 6.92 Å². The molecule has 8 heteroatoms. The van der Waals surface area contributed by atoms with Crippen molar-refractivity contribution in [3.63, 3.8) is 0 Å². The van der Waals surface area contributed by atoms with Crippen LogP contribution in [0.5, 0.6) is 0 Å². The minimum atomic E-state index is -0.393. The fourth-order valence-electron chi connectivity index (χ4n) is 3.12. The Hall–Kier alpha value is -3.68. The van der Waals surface area contributed by atoms with Gasteiger partial charge < -0.3 is 10.6 Å². The van der Waals surface area contributed by atoms with Crippen LogP contribution in [0.4, 0.5) is 5.69 Å². The Bertz CT molecular complexity index is 1040. The van der Waals surface area contributed by atoms with Gasteiger partial charge in [0.05, 0.1) is 18.3 Å². The highest BCUT2D eigenvalue weighted by Crippen LogP contribution is 2.33. The number of nitrogens with zero attached hydrogens (tertiary/aromatic N) is 5. The first-order chi connectivity index (χ1) is 13.1. The quantitative estimate of drug-likeness (QED) is 0.545. The summed E-state index contributed by atoms with van der Waals surface area (Å²) in [6.45, 7) is 2.19. The summed E-state index contributed by atoms with van der Waals surface area (Å²) in [6, 6.07) is 8.37. The number of carbonyl (C=O) groups excluding carboxylic acids is 1. The van der Waals surface area contributed by atoms with Crippen LogP contribution in [0.15, 0.2) is 48.9 Å². The molecule has 0 radical (unpaired) electrons. The van der Waals surface area contributed by atoms with Crippen LogP contribution < -0.4 is 5.73 Å². The van der Waals surface area contributed by atoms with E-state index in [0.717, 1.165) is 11.3 Å². The van der Waals surface area contributed by atoms with Crippen molar-refractivity contribution in [2.45, 2.75) is 19.5 Å². The molecule has 134 valence electrons. The first kappa shape index (κ1) is 16.8. The van der Waals surface area contributed by atoms with Crippen LogP contribution >= 0.6 is 0 Å². The molecule has 2 aromatic heterocycles. The van der Waals surface area contributed by atoms with Crippen LogP contribution in [-0.2, 0) is 11.3 Å². The molecule has 0 aliphatic carbocycles. The van der Waals surface area contributed by atoms with Gasteiger partial charge in [-0.05, 0) is 19.1 Å². The van der Waals surface area contributed by atoms with Gasteiger partial charge in [0.1, 0.15) is 5.71 Å². The molecule has 1 amide bonds. The third-order valence-electron chi connectivity index (χ3n) is 4.61. The molecular formula is C19H17N7O. The Morgan fingerprint density at radius 1 is 1.15 bits per heavy atom. The number of fused-ring (bicyclic) bond motifs is 1. The SMILES string of the molecule is CC1c2cnc(-c3ncccn3)nc2CN1C(=O)C(=N)c1ccccc1N. The number of para-hydroxylation sites is 1. The fourth-order valence-corrected chi connectivity index (χ4v) is 3.12. The summed E-state index contributed by atoms with van der Waals surface area (Å²) >= 11 is 0. The highest BCUT2D eigenvalue weighted by molar-refractivity contribution is 6.45. The molecule has 0 fully saturated rings. The van der Waals surface area contributed by atoms with Crippen molar-refractivity contribution in [2.75, 3.05) is 5.73 Å². The van der Waals surface area contributed by atoms with Gasteiger partial charge in [-0.2, -0.15) is 0 Å². The Kier molecular flexibility index (Phi) is 4.08. The van der Waals surface area contributed by atoms with Gasteiger partial charge in [-0.25, -0.2) is 19.9 Å². The van der Waals surface area contributed by atoms with Crippen LogP contribution in [0.2, 0.25) is 0 Å². The fraction of sp³-hybridized carbons (Fsp3) is 0.158. The number of nitrogens with one attached hydrogen (secondary N) is 1. The number of carbonyl (C=O) groups is 1. The molecule has 0 bridgehead atoms. The lowest BCUT2D eigenvalue weighted by Gasteiger charge is -2.22. The summed E-state index contributed by atoms with van der Waals surface area (Å²) in [6.07, 6.45) is 4.96. The number of amides is 1. The number of hydrogen-bond donors (Lipinski definition) is 2. The maximum Gasteiger partial charge on any atom is 0.273 e. The van der Waals surface area contributed by atoms with E-state index >= 15 is 0 Å². The van der Waals surface area contributed by atoms with Gasteiger partial charge in [0.15, 0.2) is 11.6 Å². The van der Waals surface area contributed by atoms with Crippen molar-refractivity contribution in [1.82, 2.24) is 24.8 Å². The lowest BCUT2D eigenvalue weighted by atomic mass is 10.1. The normalized spacial score (nSPS) is 15.4. The zero-order valence-electron chi connectivity index (χ0n) is 14.6.